The molecule has 0 aliphatic carbocycles. The van der Waals surface area contributed by atoms with Gasteiger partial charge in [0.1, 0.15) is 0 Å². The Morgan fingerprint density at radius 3 is 2.92 bits per heavy atom. The van der Waals surface area contributed by atoms with Gasteiger partial charge in [-0.2, -0.15) is 5.10 Å². The van der Waals surface area contributed by atoms with E-state index in [1.807, 2.05) is 37.4 Å². The number of aryl methyl sites for hydroxylation is 1. The number of aromatic nitrogens is 1. The summed E-state index contributed by atoms with van der Waals surface area (Å²) in [7, 11) is 1.60. The lowest BCUT2D eigenvalue weighted by atomic mass is 10.2. The number of methoxy groups -OCH3 is 1. The highest BCUT2D eigenvalue weighted by atomic mass is 32.1. The largest absolute Gasteiger partial charge is 0.493 e. The Bertz CT molecular complexity index is 713. The van der Waals surface area contributed by atoms with E-state index in [-0.39, 0.29) is 12.3 Å². The number of carbonyl (C=O) groups is 1. The molecule has 2 rings (SSSR count). The van der Waals surface area contributed by atoms with Crippen LogP contribution in [-0.2, 0) is 11.2 Å². The minimum Gasteiger partial charge on any atom is -0.493 e. The highest BCUT2D eigenvalue weighted by molar-refractivity contribution is 7.09. The molecule has 7 heteroatoms. The number of thiazole rings is 1. The summed E-state index contributed by atoms with van der Waals surface area (Å²) in [6, 6.07) is 5.48. The number of benzene rings is 1. The first-order chi connectivity index (χ1) is 11.6. The van der Waals surface area contributed by atoms with Crippen LogP contribution in [0.15, 0.2) is 28.7 Å². The number of hydrogen-bond acceptors (Lipinski definition) is 6. The minimum atomic E-state index is -0.201. The summed E-state index contributed by atoms with van der Waals surface area (Å²) >= 11 is 1.52. The Kier molecular flexibility index (Phi) is 6.74. The molecule has 0 saturated carbocycles. The molecule has 1 aromatic heterocycles. The molecule has 0 spiro atoms. The lowest BCUT2D eigenvalue weighted by Gasteiger charge is -2.10. The van der Waals surface area contributed by atoms with Crippen molar-refractivity contribution in [1.29, 1.82) is 0 Å². The topological polar surface area (TPSA) is 72.8 Å². The molecule has 0 atom stereocenters. The molecule has 1 aromatic carbocycles. The predicted octanol–water partition coefficient (Wildman–Crippen LogP) is 2.94. The summed E-state index contributed by atoms with van der Waals surface area (Å²) in [5.41, 5.74) is 4.07. The van der Waals surface area contributed by atoms with Gasteiger partial charge in [0.15, 0.2) is 11.5 Å². The first-order valence-electron chi connectivity index (χ1n) is 7.66. The molecule has 6 nitrogen and oxygen atoms in total. The molecular formula is C17H21N3O3S. The van der Waals surface area contributed by atoms with Gasteiger partial charge in [0.2, 0.25) is 5.91 Å². The number of hydrogen-bond donors (Lipinski definition) is 1. The zero-order valence-corrected chi connectivity index (χ0v) is 14.9. The maximum atomic E-state index is 11.8. The molecule has 0 saturated heterocycles. The van der Waals surface area contributed by atoms with Crippen LogP contribution in [0, 0.1) is 6.92 Å². The zero-order valence-electron chi connectivity index (χ0n) is 14.0. The highest BCUT2D eigenvalue weighted by Gasteiger charge is 2.06. The van der Waals surface area contributed by atoms with Gasteiger partial charge in [0.05, 0.1) is 37.1 Å². The van der Waals surface area contributed by atoms with Crippen LogP contribution in [0.2, 0.25) is 0 Å². The molecular weight excluding hydrogens is 326 g/mol. The fraction of sp³-hybridized carbons (Fsp3) is 0.353. The highest BCUT2D eigenvalue weighted by Crippen LogP contribution is 2.27. The SMILES string of the molecule is CCCOc1cc(/C=N\NC(=O)Cc2csc(C)n2)ccc1OC. The third-order valence-corrected chi connectivity index (χ3v) is 3.88. The van der Waals surface area contributed by atoms with Crippen LogP contribution in [0.25, 0.3) is 0 Å². The van der Waals surface area contributed by atoms with Crippen LogP contribution in [0.4, 0.5) is 0 Å². The Labute approximate surface area is 145 Å². The molecule has 0 aliphatic heterocycles. The van der Waals surface area contributed by atoms with E-state index in [0.29, 0.717) is 18.1 Å². The number of carbonyl (C=O) groups excluding carboxylic acids is 1. The predicted molar refractivity (Wildman–Crippen MR) is 95.1 cm³/mol. The molecule has 0 radical (unpaired) electrons. The molecule has 2 aromatic rings. The first-order valence-corrected chi connectivity index (χ1v) is 8.54. The van der Waals surface area contributed by atoms with E-state index in [9.17, 15) is 4.79 Å². The van der Waals surface area contributed by atoms with Crippen LogP contribution < -0.4 is 14.9 Å². The maximum absolute atomic E-state index is 11.8. The van der Waals surface area contributed by atoms with Crippen LogP contribution in [-0.4, -0.2) is 30.8 Å². The molecule has 128 valence electrons. The molecule has 0 fully saturated rings. The Hall–Kier alpha value is -2.41. The Morgan fingerprint density at radius 2 is 2.25 bits per heavy atom. The van der Waals surface area contributed by atoms with E-state index in [1.165, 1.54) is 11.3 Å². The zero-order chi connectivity index (χ0) is 17.4. The van der Waals surface area contributed by atoms with Crippen molar-refractivity contribution in [3.8, 4) is 11.5 Å². The summed E-state index contributed by atoms with van der Waals surface area (Å²) < 4.78 is 10.9. The lowest BCUT2D eigenvalue weighted by molar-refractivity contribution is -0.120. The summed E-state index contributed by atoms with van der Waals surface area (Å²) in [6.07, 6.45) is 2.70. The minimum absolute atomic E-state index is 0.201. The smallest absolute Gasteiger partial charge is 0.246 e. The number of nitrogens with one attached hydrogen (secondary N) is 1. The van der Waals surface area contributed by atoms with E-state index in [4.69, 9.17) is 9.47 Å². The van der Waals surface area contributed by atoms with E-state index < -0.39 is 0 Å². The number of hydrazone groups is 1. The first kappa shape index (κ1) is 17.9. The molecule has 0 bridgehead atoms. The van der Waals surface area contributed by atoms with Gasteiger partial charge in [-0.15, -0.1) is 11.3 Å². The maximum Gasteiger partial charge on any atom is 0.246 e. The van der Waals surface area contributed by atoms with E-state index in [0.717, 1.165) is 22.7 Å². The quantitative estimate of drug-likeness (QED) is 0.589. The average Bonchev–Trinajstić information content (AvgIpc) is 2.97. The Balaban J connectivity index is 1.94. The van der Waals surface area contributed by atoms with Crippen LogP contribution in [0.3, 0.4) is 0 Å². The van der Waals surface area contributed by atoms with Gasteiger partial charge in [-0.3, -0.25) is 4.79 Å². The molecule has 24 heavy (non-hydrogen) atoms. The van der Waals surface area contributed by atoms with Crippen molar-refractivity contribution in [3.63, 3.8) is 0 Å². The summed E-state index contributed by atoms with van der Waals surface area (Å²) in [5, 5.41) is 6.79. The number of ether oxygens (including phenoxy) is 2. The van der Waals surface area contributed by atoms with Gasteiger partial charge in [0.25, 0.3) is 0 Å². The Morgan fingerprint density at radius 1 is 1.42 bits per heavy atom. The van der Waals surface area contributed by atoms with Crippen molar-refractivity contribution >= 4 is 23.5 Å². The van der Waals surface area contributed by atoms with Crippen molar-refractivity contribution in [3.05, 3.63) is 39.8 Å². The van der Waals surface area contributed by atoms with Crippen molar-refractivity contribution in [1.82, 2.24) is 10.4 Å². The number of nitrogens with zero attached hydrogens (tertiary/aromatic N) is 2. The number of amides is 1. The molecule has 1 N–H and O–H groups in total. The third kappa shape index (κ3) is 5.34. The fourth-order valence-electron chi connectivity index (χ4n) is 1.97. The standard InChI is InChI=1S/C17H21N3O3S/c1-4-7-23-16-8-13(5-6-15(16)22-3)10-18-20-17(21)9-14-11-24-12(2)19-14/h5-6,8,10-11H,4,7,9H2,1-3H3,(H,20,21)/b18-10-. The van der Waals surface area contributed by atoms with Crippen molar-refractivity contribution in [2.75, 3.05) is 13.7 Å². The summed E-state index contributed by atoms with van der Waals surface area (Å²) in [4.78, 5) is 16.1. The number of rotatable bonds is 8. The molecule has 0 aliphatic rings. The van der Waals surface area contributed by atoms with E-state index in [1.54, 1.807) is 13.3 Å². The van der Waals surface area contributed by atoms with Crippen molar-refractivity contribution < 1.29 is 14.3 Å². The monoisotopic (exact) mass is 347 g/mol. The average molecular weight is 347 g/mol. The van der Waals surface area contributed by atoms with Crippen molar-refractivity contribution in [2.45, 2.75) is 26.7 Å². The van der Waals surface area contributed by atoms with Gasteiger partial charge in [0, 0.05) is 5.38 Å². The molecule has 1 amide bonds. The molecule has 1 heterocycles. The van der Waals surface area contributed by atoms with Crippen LogP contribution >= 0.6 is 11.3 Å². The van der Waals surface area contributed by atoms with Crippen LogP contribution in [0.5, 0.6) is 11.5 Å². The molecule has 0 unspecified atom stereocenters. The van der Waals surface area contributed by atoms with Gasteiger partial charge >= 0.3 is 0 Å². The second-order valence-corrected chi connectivity index (χ2v) is 6.15. The second kappa shape index (κ2) is 9.02. The van der Waals surface area contributed by atoms with Crippen LogP contribution in [0.1, 0.15) is 29.6 Å². The lowest BCUT2D eigenvalue weighted by Crippen LogP contribution is -2.19. The normalized spacial score (nSPS) is 10.8. The third-order valence-electron chi connectivity index (χ3n) is 3.06. The van der Waals surface area contributed by atoms with Gasteiger partial charge in [-0.05, 0) is 37.1 Å². The van der Waals surface area contributed by atoms with Gasteiger partial charge < -0.3 is 9.47 Å². The van der Waals surface area contributed by atoms with Crippen molar-refractivity contribution in [2.24, 2.45) is 5.10 Å². The second-order valence-electron chi connectivity index (χ2n) is 5.09. The van der Waals surface area contributed by atoms with Gasteiger partial charge in [-0.25, -0.2) is 10.4 Å². The van der Waals surface area contributed by atoms with E-state index >= 15 is 0 Å². The summed E-state index contributed by atoms with van der Waals surface area (Å²) in [6.45, 7) is 4.56. The van der Waals surface area contributed by atoms with E-state index in [2.05, 4.69) is 15.5 Å². The van der Waals surface area contributed by atoms with Gasteiger partial charge in [-0.1, -0.05) is 6.92 Å². The fourth-order valence-corrected chi connectivity index (χ4v) is 2.58. The summed E-state index contributed by atoms with van der Waals surface area (Å²) in [5.74, 6) is 1.13.